The first kappa shape index (κ1) is 20.0. The van der Waals surface area contributed by atoms with E-state index in [1.54, 1.807) is 42.2 Å². The quantitative estimate of drug-likeness (QED) is 0.274. The molecule has 1 aromatic heterocycles. The van der Waals surface area contributed by atoms with Crippen molar-refractivity contribution in [3.63, 3.8) is 0 Å². The highest BCUT2D eigenvalue weighted by Crippen LogP contribution is 2.20. The highest BCUT2D eigenvalue weighted by molar-refractivity contribution is 7.98. The van der Waals surface area contributed by atoms with Crippen molar-refractivity contribution < 1.29 is 4.79 Å². The van der Waals surface area contributed by atoms with Crippen LogP contribution >= 0.6 is 23.4 Å². The zero-order valence-corrected chi connectivity index (χ0v) is 17.1. The molecule has 0 bridgehead atoms. The van der Waals surface area contributed by atoms with E-state index in [4.69, 9.17) is 11.6 Å². The molecule has 3 aromatic rings. The number of nitrogens with zero attached hydrogens (tertiary/aromatic N) is 3. The summed E-state index contributed by atoms with van der Waals surface area (Å²) in [6, 6.07) is 16.6. The van der Waals surface area contributed by atoms with E-state index in [9.17, 15) is 4.79 Å². The predicted octanol–water partition coefficient (Wildman–Crippen LogP) is 4.80. The molecule has 0 saturated heterocycles. The maximum absolute atomic E-state index is 12.2. The van der Waals surface area contributed by atoms with Gasteiger partial charge in [-0.25, -0.2) is 15.4 Å². The molecular weight excluding hydrogens is 392 g/mol. The average molecular weight is 411 g/mol. The summed E-state index contributed by atoms with van der Waals surface area (Å²) in [5.74, 6) is 0.465. The smallest absolute Gasteiger partial charge is 0.267 e. The first-order chi connectivity index (χ1) is 13.5. The molecular formula is C21H19ClN4OS. The molecule has 28 heavy (non-hydrogen) atoms. The summed E-state index contributed by atoms with van der Waals surface area (Å²) in [5, 5.41) is 5.35. The third-order valence-corrected chi connectivity index (χ3v) is 4.93. The molecule has 142 valence electrons. The summed E-state index contributed by atoms with van der Waals surface area (Å²) >= 11 is 7.49. The van der Waals surface area contributed by atoms with Crippen LogP contribution in [0, 0.1) is 13.8 Å². The minimum absolute atomic E-state index is 0.268. The van der Waals surface area contributed by atoms with Crippen molar-refractivity contribution in [2.24, 2.45) is 5.10 Å². The highest BCUT2D eigenvalue weighted by Gasteiger charge is 2.06. The summed E-state index contributed by atoms with van der Waals surface area (Å²) in [5.41, 5.74) is 6.88. The van der Waals surface area contributed by atoms with Crippen molar-refractivity contribution in [3.05, 3.63) is 87.7 Å². The molecule has 0 aliphatic heterocycles. The fourth-order valence-corrected chi connectivity index (χ4v) is 3.58. The van der Waals surface area contributed by atoms with Gasteiger partial charge in [0, 0.05) is 27.7 Å². The van der Waals surface area contributed by atoms with Gasteiger partial charge in [-0.2, -0.15) is 5.10 Å². The van der Waals surface area contributed by atoms with Crippen LogP contribution in [0.15, 0.2) is 64.9 Å². The number of thioether (sulfide) groups is 1. The van der Waals surface area contributed by atoms with Gasteiger partial charge in [0.1, 0.15) is 0 Å². The van der Waals surface area contributed by atoms with Crippen LogP contribution in [0.2, 0.25) is 5.02 Å². The van der Waals surface area contributed by atoms with Crippen LogP contribution in [0.5, 0.6) is 0 Å². The molecule has 1 amide bonds. The van der Waals surface area contributed by atoms with E-state index in [0.29, 0.717) is 10.6 Å². The van der Waals surface area contributed by atoms with Crippen LogP contribution < -0.4 is 5.43 Å². The lowest BCUT2D eigenvalue weighted by atomic mass is 10.1. The lowest BCUT2D eigenvalue weighted by molar-refractivity contribution is 0.0955. The van der Waals surface area contributed by atoms with Gasteiger partial charge in [0.15, 0.2) is 5.16 Å². The number of halogens is 1. The summed E-state index contributed by atoms with van der Waals surface area (Å²) in [6.45, 7) is 3.92. The maximum Gasteiger partial charge on any atom is 0.271 e. The number of aryl methyl sites for hydroxylation is 2. The van der Waals surface area contributed by atoms with Crippen molar-refractivity contribution in [1.29, 1.82) is 0 Å². The highest BCUT2D eigenvalue weighted by atomic mass is 35.5. The number of benzene rings is 2. The number of carbonyl (C=O) groups is 1. The van der Waals surface area contributed by atoms with Crippen molar-refractivity contribution in [3.8, 4) is 0 Å². The van der Waals surface area contributed by atoms with Crippen LogP contribution in [-0.4, -0.2) is 22.1 Å². The van der Waals surface area contributed by atoms with Crippen molar-refractivity contribution in [2.45, 2.75) is 24.8 Å². The number of amides is 1. The molecule has 5 nitrogen and oxygen atoms in total. The van der Waals surface area contributed by atoms with E-state index in [1.165, 1.54) is 0 Å². The van der Waals surface area contributed by atoms with E-state index in [0.717, 1.165) is 33.4 Å². The van der Waals surface area contributed by atoms with Crippen LogP contribution in [0.4, 0.5) is 0 Å². The van der Waals surface area contributed by atoms with E-state index in [1.807, 2.05) is 44.2 Å². The van der Waals surface area contributed by atoms with Crippen LogP contribution in [0.1, 0.15) is 32.9 Å². The molecule has 0 atom stereocenters. The first-order valence-corrected chi connectivity index (χ1v) is 9.99. The molecule has 0 aliphatic rings. The van der Waals surface area contributed by atoms with Gasteiger partial charge in [-0.3, -0.25) is 4.79 Å². The number of rotatable bonds is 6. The second kappa shape index (κ2) is 9.48. The molecule has 0 aliphatic carbocycles. The van der Waals surface area contributed by atoms with Gasteiger partial charge in [-0.15, -0.1) is 0 Å². The Bertz CT molecular complexity index is 985. The zero-order chi connectivity index (χ0) is 19.9. The van der Waals surface area contributed by atoms with Crippen LogP contribution in [0.3, 0.4) is 0 Å². The van der Waals surface area contributed by atoms with Crippen molar-refractivity contribution in [1.82, 2.24) is 15.4 Å². The summed E-state index contributed by atoms with van der Waals surface area (Å²) in [4.78, 5) is 21.0. The normalized spacial score (nSPS) is 11.0. The number of aromatic nitrogens is 2. The van der Waals surface area contributed by atoms with Gasteiger partial charge in [-0.05, 0) is 55.3 Å². The van der Waals surface area contributed by atoms with E-state index < -0.39 is 0 Å². The topological polar surface area (TPSA) is 67.2 Å². The van der Waals surface area contributed by atoms with Crippen molar-refractivity contribution in [2.75, 3.05) is 0 Å². The Kier molecular flexibility index (Phi) is 6.79. The minimum Gasteiger partial charge on any atom is -0.267 e. The second-order valence-electron chi connectivity index (χ2n) is 6.17. The standard InChI is InChI=1S/C21H19ClN4OS/c1-14-10-15(2)25-21(24-14)28-13-16-6-8-18(9-7-16)20(27)26-23-12-17-4-3-5-19(22)11-17/h3-12H,13H2,1-2H3,(H,26,27)/b23-12+. The largest absolute Gasteiger partial charge is 0.271 e. The summed E-state index contributed by atoms with van der Waals surface area (Å²) in [6.07, 6.45) is 1.55. The molecule has 0 unspecified atom stereocenters. The summed E-state index contributed by atoms with van der Waals surface area (Å²) < 4.78 is 0. The maximum atomic E-state index is 12.2. The lowest BCUT2D eigenvalue weighted by Crippen LogP contribution is -2.17. The Labute approximate surface area is 173 Å². The van der Waals surface area contributed by atoms with Gasteiger partial charge in [-0.1, -0.05) is 47.6 Å². The second-order valence-corrected chi connectivity index (χ2v) is 7.55. The number of hydrazone groups is 1. The average Bonchev–Trinajstić information content (AvgIpc) is 2.66. The summed E-state index contributed by atoms with van der Waals surface area (Å²) in [7, 11) is 0. The number of hydrogen-bond donors (Lipinski definition) is 1. The molecule has 1 N–H and O–H groups in total. The monoisotopic (exact) mass is 410 g/mol. The van der Waals surface area contributed by atoms with Crippen LogP contribution in [-0.2, 0) is 5.75 Å². The van der Waals surface area contributed by atoms with Gasteiger partial charge >= 0.3 is 0 Å². The number of hydrogen-bond acceptors (Lipinski definition) is 5. The van der Waals surface area contributed by atoms with E-state index >= 15 is 0 Å². The Morgan fingerprint density at radius 2 is 1.82 bits per heavy atom. The predicted molar refractivity (Wildman–Crippen MR) is 114 cm³/mol. The molecule has 1 heterocycles. The molecule has 0 spiro atoms. The molecule has 3 rings (SSSR count). The first-order valence-electron chi connectivity index (χ1n) is 8.62. The molecule has 2 aromatic carbocycles. The lowest BCUT2D eigenvalue weighted by Gasteiger charge is -2.05. The fraction of sp³-hybridized carbons (Fsp3) is 0.143. The van der Waals surface area contributed by atoms with Gasteiger partial charge < -0.3 is 0 Å². The third-order valence-electron chi connectivity index (χ3n) is 3.77. The number of nitrogens with one attached hydrogen (secondary N) is 1. The minimum atomic E-state index is -0.268. The Balaban J connectivity index is 1.55. The zero-order valence-electron chi connectivity index (χ0n) is 15.5. The Morgan fingerprint density at radius 3 is 2.50 bits per heavy atom. The van der Waals surface area contributed by atoms with E-state index in [2.05, 4.69) is 20.5 Å². The van der Waals surface area contributed by atoms with Gasteiger partial charge in [0.05, 0.1) is 6.21 Å². The van der Waals surface area contributed by atoms with Crippen molar-refractivity contribution >= 4 is 35.5 Å². The fourth-order valence-electron chi connectivity index (χ4n) is 2.48. The van der Waals surface area contributed by atoms with Gasteiger partial charge in [0.25, 0.3) is 5.91 Å². The van der Waals surface area contributed by atoms with E-state index in [-0.39, 0.29) is 5.91 Å². The number of carbonyl (C=O) groups excluding carboxylic acids is 1. The SMILES string of the molecule is Cc1cc(C)nc(SCc2ccc(C(=O)N/N=C/c3cccc(Cl)c3)cc2)n1. The molecule has 7 heteroatoms. The van der Waals surface area contributed by atoms with Crippen LogP contribution in [0.25, 0.3) is 0 Å². The molecule has 0 fully saturated rings. The van der Waals surface area contributed by atoms with Gasteiger partial charge in [0.2, 0.25) is 0 Å². The Morgan fingerprint density at radius 1 is 1.11 bits per heavy atom. The Hall–Kier alpha value is -2.70. The molecule has 0 saturated carbocycles. The third kappa shape index (κ3) is 5.90. The molecule has 0 radical (unpaired) electrons.